The number of nitrogen functional groups attached to an aromatic ring is 1. The summed E-state index contributed by atoms with van der Waals surface area (Å²) in [5, 5.41) is 11.7. The van der Waals surface area contributed by atoms with Crippen LogP contribution in [-0.2, 0) is 0 Å². The van der Waals surface area contributed by atoms with E-state index >= 15 is 0 Å². The van der Waals surface area contributed by atoms with Crippen molar-refractivity contribution in [2.45, 2.75) is 6.92 Å². The zero-order valence-electron chi connectivity index (χ0n) is 11.8. The highest BCUT2D eigenvalue weighted by Gasteiger charge is 2.12. The van der Waals surface area contributed by atoms with Crippen molar-refractivity contribution in [2.24, 2.45) is 0 Å². The van der Waals surface area contributed by atoms with Gasteiger partial charge >= 0.3 is 0 Å². The third kappa shape index (κ3) is 3.12. The van der Waals surface area contributed by atoms with Crippen molar-refractivity contribution >= 4 is 17.3 Å². The fraction of sp³-hybridized carbons (Fsp3) is 0.125. The van der Waals surface area contributed by atoms with E-state index in [2.05, 4.69) is 5.32 Å². The van der Waals surface area contributed by atoms with Crippen LogP contribution in [-0.4, -0.2) is 13.0 Å². The minimum absolute atomic E-state index is 0.330. The maximum absolute atomic E-state index is 12.3. The smallest absolute Gasteiger partial charge is 0.257 e. The largest absolute Gasteiger partial charge is 0.497 e. The van der Waals surface area contributed by atoms with Gasteiger partial charge in [0.1, 0.15) is 5.75 Å². The highest BCUT2D eigenvalue weighted by Crippen LogP contribution is 2.22. The van der Waals surface area contributed by atoms with Crippen LogP contribution in [0.3, 0.4) is 0 Å². The van der Waals surface area contributed by atoms with E-state index in [1.807, 2.05) is 13.0 Å². The Morgan fingerprint density at radius 1 is 1.29 bits per heavy atom. The second-order valence-electron chi connectivity index (χ2n) is 4.55. The molecular formula is C16H15N3O2. The molecule has 0 radical (unpaired) electrons. The number of amides is 1. The van der Waals surface area contributed by atoms with Gasteiger partial charge < -0.3 is 15.8 Å². The molecule has 5 heteroatoms. The Balaban J connectivity index is 2.32. The number of carbonyl (C=O) groups is 1. The van der Waals surface area contributed by atoms with E-state index < -0.39 is 0 Å². The number of carbonyl (C=O) groups excluding carboxylic acids is 1. The van der Waals surface area contributed by atoms with Gasteiger partial charge in [-0.1, -0.05) is 6.07 Å². The van der Waals surface area contributed by atoms with Gasteiger partial charge in [-0.2, -0.15) is 5.26 Å². The first kappa shape index (κ1) is 14.4. The number of nitrogens with two attached hydrogens (primary N) is 1. The van der Waals surface area contributed by atoms with E-state index in [0.717, 1.165) is 5.56 Å². The topological polar surface area (TPSA) is 88.1 Å². The molecule has 1 amide bonds. The van der Waals surface area contributed by atoms with Crippen molar-refractivity contribution < 1.29 is 9.53 Å². The first-order valence-electron chi connectivity index (χ1n) is 6.30. The molecule has 5 nitrogen and oxygen atoms in total. The van der Waals surface area contributed by atoms with Crippen LogP contribution >= 0.6 is 0 Å². The maximum atomic E-state index is 12.3. The van der Waals surface area contributed by atoms with Gasteiger partial charge in [0.2, 0.25) is 0 Å². The molecule has 0 aromatic heterocycles. The van der Waals surface area contributed by atoms with Gasteiger partial charge in [-0.15, -0.1) is 0 Å². The van der Waals surface area contributed by atoms with Crippen LogP contribution in [0.2, 0.25) is 0 Å². The van der Waals surface area contributed by atoms with Crippen LogP contribution in [0.1, 0.15) is 21.5 Å². The van der Waals surface area contributed by atoms with Crippen molar-refractivity contribution in [3.8, 4) is 11.8 Å². The predicted octanol–water partition coefficient (Wildman–Crippen LogP) is 2.71. The number of nitriles is 1. The molecule has 0 aliphatic carbocycles. The Labute approximate surface area is 123 Å². The lowest BCUT2D eigenvalue weighted by atomic mass is 10.1. The van der Waals surface area contributed by atoms with Crippen LogP contribution in [0.15, 0.2) is 36.4 Å². The lowest BCUT2D eigenvalue weighted by Gasteiger charge is -2.11. The van der Waals surface area contributed by atoms with E-state index in [-0.39, 0.29) is 5.91 Å². The average molecular weight is 281 g/mol. The number of nitrogens with zero attached hydrogens (tertiary/aromatic N) is 1. The van der Waals surface area contributed by atoms with Crippen LogP contribution in [0, 0.1) is 18.3 Å². The molecular weight excluding hydrogens is 266 g/mol. The molecule has 106 valence electrons. The summed E-state index contributed by atoms with van der Waals surface area (Å²) >= 11 is 0. The molecule has 0 atom stereocenters. The van der Waals surface area contributed by atoms with E-state index in [0.29, 0.717) is 28.3 Å². The first-order chi connectivity index (χ1) is 10.0. The van der Waals surface area contributed by atoms with Crippen LogP contribution in [0.5, 0.6) is 5.75 Å². The third-order valence-electron chi connectivity index (χ3n) is 3.12. The number of benzene rings is 2. The Kier molecular flexibility index (Phi) is 4.10. The molecule has 21 heavy (non-hydrogen) atoms. The Morgan fingerprint density at radius 3 is 2.71 bits per heavy atom. The third-order valence-corrected chi connectivity index (χ3v) is 3.12. The maximum Gasteiger partial charge on any atom is 0.257 e. The molecule has 0 heterocycles. The molecule has 0 aliphatic rings. The molecule has 0 saturated heterocycles. The van der Waals surface area contributed by atoms with Gasteiger partial charge in [-0.05, 0) is 42.8 Å². The molecule has 0 unspecified atom stereocenters. The minimum Gasteiger partial charge on any atom is -0.497 e. The van der Waals surface area contributed by atoms with Crippen molar-refractivity contribution in [3.05, 3.63) is 53.1 Å². The van der Waals surface area contributed by atoms with Crippen molar-refractivity contribution in [1.82, 2.24) is 0 Å². The zero-order valence-corrected chi connectivity index (χ0v) is 11.8. The molecule has 2 rings (SSSR count). The fourth-order valence-corrected chi connectivity index (χ4v) is 1.87. The zero-order chi connectivity index (χ0) is 15.4. The predicted molar refractivity (Wildman–Crippen MR) is 81.3 cm³/mol. The number of aryl methyl sites for hydroxylation is 1. The van der Waals surface area contributed by atoms with E-state index in [1.165, 1.54) is 7.11 Å². The monoisotopic (exact) mass is 281 g/mol. The Hall–Kier alpha value is -3.00. The average Bonchev–Trinajstić information content (AvgIpc) is 2.49. The van der Waals surface area contributed by atoms with Gasteiger partial charge in [0, 0.05) is 11.4 Å². The number of methoxy groups -OCH3 is 1. The summed E-state index contributed by atoms with van der Waals surface area (Å²) in [6.07, 6.45) is 0. The summed E-state index contributed by atoms with van der Waals surface area (Å²) in [6.45, 7) is 1.85. The number of rotatable bonds is 3. The van der Waals surface area contributed by atoms with E-state index in [9.17, 15) is 4.79 Å². The summed E-state index contributed by atoms with van der Waals surface area (Å²) in [6, 6.07) is 12.0. The molecule has 0 spiro atoms. The normalized spacial score (nSPS) is 9.76. The summed E-state index contributed by atoms with van der Waals surface area (Å²) in [7, 11) is 1.52. The Morgan fingerprint density at radius 2 is 2.05 bits per heavy atom. The van der Waals surface area contributed by atoms with Crippen LogP contribution in [0.25, 0.3) is 0 Å². The van der Waals surface area contributed by atoms with Gasteiger partial charge in [0.25, 0.3) is 5.91 Å². The molecule has 0 aliphatic heterocycles. The fourth-order valence-electron chi connectivity index (χ4n) is 1.87. The van der Waals surface area contributed by atoms with Crippen LogP contribution in [0.4, 0.5) is 11.4 Å². The highest BCUT2D eigenvalue weighted by atomic mass is 16.5. The van der Waals surface area contributed by atoms with Gasteiger partial charge in [0.05, 0.1) is 24.3 Å². The van der Waals surface area contributed by atoms with E-state index in [4.69, 9.17) is 15.7 Å². The second-order valence-corrected chi connectivity index (χ2v) is 4.55. The number of hydrogen-bond acceptors (Lipinski definition) is 4. The van der Waals surface area contributed by atoms with Gasteiger partial charge in [-0.3, -0.25) is 4.79 Å². The first-order valence-corrected chi connectivity index (χ1v) is 6.30. The number of hydrogen-bond donors (Lipinski definition) is 2. The van der Waals surface area contributed by atoms with Crippen LogP contribution < -0.4 is 15.8 Å². The van der Waals surface area contributed by atoms with Gasteiger partial charge in [-0.25, -0.2) is 0 Å². The SMILES string of the molecule is COc1ccc(N)c(C(=O)Nc2cc(C#N)ccc2C)c1. The number of ether oxygens (including phenoxy) is 1. The molecule has 0 fully saturated rings. The highest BCUT2D eigenvalue weighted by molar-refractivity contribution is 6.08. The van der Waals surface area contributed by atoms with Crippen molar-refractivity contribution in [2.75, 3.05) is 18.2 Å². The number of anilines is 2. The number of nitrogens with one attached hydrogen (secondary N) is 1. The lowest BCUT2D eigenvalue weighted by molar-refractivity contribution is 0.102. The molecule has 2 aromatic rings. The standard InChI is InChI=1S/C16H15N3O2/c1-10-3-4-11(9-17)7-15(10)19-16(20)13-8-12(21-2)5-6-14(13)18/h3-8H,18H2,1-2H3,(H,19,20). The second kappa shape index (κ2) is 5.97. The van der Waals surface area contributed by atoms with Crippen molar-refractivity contribution in [3.63, 3.8) is 0 Å². The molecule has 2 aromatic carbocycles. The van der Waals surface area contributed by atoms with E-state index in [1.54, 1.807) is 36.4 Å². The summed E-state index contributed by atoms with van der Waals surface area (Å²) in [5.74, 6) is 0.210. The lowest BCUT2D eigenvalue weighted by Crippen LogP contribution is -2.15. The molecule has 3 N–H and O–H groups in total. The Bertz CT molecular complexity index is 733. The quantitative estimate of drug-likeness (QED) is 0.847. The summed E-state index contributed by atoms with van der Waals surface area (Å²) in [5.41, 5.74) is 8.45. The summed E-state index contributed by atoms with van der Waals surface area (Å²) < 4.78 is 5.09. The minimum atomic E-state index is -0.343. The van der Waals surface area contributed by atoms with Gasteiger partial charge in [0.15, 0.2) is 0 Å². The molecule has 0 bridgehead atoms. The van der Waals surface area contributed by atoms with Crippen molar-refractivity contribution in [1.29, 1.82) is 5.26 Å². The molecule has 0 saturated carbocycles. The summed E-state index contributed by atoms with van der Waals surface area (Å²) in [4.78, 5) is 12.3.